The molecule has 1 atom stereocenters. The zero-order valence-corrected chi connectivity index (χ0v) is 15.6. The minimum Gasteiger partial charge on any atom is -0.377 e. The third-order valence-corrected chi connectivity index (χ3v) is 6.95. The molecule has 5 nitrogen and oxygen atoms in total. The Kier molecular flexibility index (Phi) is 5.34. The quantitative estimate of drug-likeness (QED) is 0.814. The fourth-order valence-electron chi connectivity index (χ4n) is 2.92. The van der Waals surface area contributed by atoms with E-state index in [4.69, 9.17) is 4.74 Å². The molecule has 2 heterocycles. The summed E-state index contributed by atoms with van der Waals surface area (Å²) in [4.78, 5) is 4.77. The average molecular weight is 367 g/mol. The number of sulfonamides is 1. The molecule has 1 aliphatic heterocycles. The molecule has 0 N–H and O–H groups in total. The van der Waals surface area contributed by atoms with Crippen molar-refractivity contribution in [2.24, 2.45) is 0 Å². The number of hydrogen-bond acceptors (Lipinski definition) is 5. The number of hydrogen-bond donors (Lipinski definition) is 0. The van der Waals surface area contributed by atoms with Gasteiger partial charge in [-0.3, -0.25) is 0 Å². The maximum absolute atomic E-state index is 13.0. The summed E-state index contributed by atoms with van der Waals surface area (Å²) in [5.74, 6) is 0. The van der Waals surface area contributed by atoms with Crippen molar-refractivity contribution in [1.29, 1.82) is 0 Å². The second kappa shape index (κ2) is 7.31. The summed E-state index contributed by atoms with van der Waals surface area (Å²) >= 11 is 1.53. The van der Waals surface area contributed by atoms with Crippen LogP contribution in [0.4, 0.5) is 0 Å². The van der Waals surface area contributed by atoms with E-state index in [2.05, 4.69) is 4.98 Å². The van der Waals surface area contributed by atoms with Crippen molar-refractivity contribution in [2.75, 3.05) is 19.7 Å². The van der Waals surface area contributed by atoms with E-state index in [-0.39, 0.29) is 6.10 Å². The molecule has 0 amide bonds. The van der Waals surface area contributed by atoms with E-state index in [1.807, 2.05) is 25.3 Å². The molecular weight excluding hydrogens is 344 g/mol. The largest absolute Gasteiger partial charge is 0.377 e. The van der Waals surface area contributed by atoms with Gasteiger partial charge in [0, 0.05) is 36.3 Å². The molecule has 130 valence electrons. The maximum atomic E-state index is 13.0. The highest BCUT2D eigenvalue weighted by Gasteiger charge is 2.30. The fraction of sp³-hybridized carbons (Fsp3) is 0.471. The van der Waals surface area contributed by atoms with E-state index in [1.165, 1.54) is 11.3 Å². The van der Waals surface area contributed by atoms with Crippen molar-refractivity contribution in [2.45, 2.75) is 37.7 Å². The van der Waals surface area contributed by atoms with E-state index < -0.39 is 10.0 Å². The van der Waals surface area contributed by atoms with Gasteiger partial charge in [0.2, 0.25) is 10.0 Å². The lowest BCUT2D eigenvalue weighted by Crippen LogP contribution is -2.43. The van der Waals surface area contributed by atoms with Crippen molar-refractivity contribution in [1.82, 2.24) is 9.29 Å². The first-order valence-corrected chi connectivity index (χ1v) is 10.5. The Morgan fingerprint density at radius 3 is 2.96 bits per heavy atom. The lowest BCUT2D eigenvalue weighted by atomic mass is 10.1. The predicted molar refractivity (Wildman–Crippen MR) is 95.7 cm³/mol. The molecule has 0 unspecified atom stereocenters. The van der Waals surface area contributed by atoms with Crippen molar-refractivity contribution in [3.05, 3.63) is 35.3 Å². The van der Waals surface area contributed by atoms with Crippen LogP contribution in [0.25, 0.3) is 10.6 Å². The van der Waals surface area contributed by atoms with E-state index in [0.717, 1.165) is 29.1 Å². The number of thiazole rings is 1. The highest BCUT2D eigenvalue weighted by atomic mass is 32.2. The maximum Gasteiger partial charge on any atom is 0.243 e. The third kappa shape index (κ3) is 3.69. The minimum atomic E-state index is -3.51. The number of aromatic nitrogens is 1. The fourth-order valence-corrected chi connectivity index (χ4v) is 5.27. The number of piperidine rings is 1. The smallest absolute Gasteiger partial charge is 0.243 e. The second-order valence-electron chi connectivity index (χ2n) is 5.90. The highest BCUT2D eigenvalue weighted by Crippen LogP contribution is 2.28. The van der Waals surface area contributed by atoms with Crippen LogP contribution in [-0.4, -0.2) is 43.5 Å². The molecule has 0 saturated carbocycles. The van der Waals surface area contributed by atoms with Gasteiger partial charge in [-0.2, -0.15) is 4.31 Å². The van der Waals surface area contributed by atoms with Crippen molar-refractivity contribution >= 4 is 21.4 Å². The molecule has 1 saturated heterocycles. The molecule has 0 aliphatic carbocycles. The molecule has 1 fully saturated rings. The first-order valence-electron chi connectivity index (χ1n) is 8.15. The highest BCUT2D eigenvalue weighted by molar-refractivity contribution is 7.89. The first kappa shape index (κ1) is 17.5. The number of ether oxygens (including phenoxy) is 1. The Bertz CT molecular complexity index is 800. The van der Waals surface area contributed by atoms with E-state index in [1.54, 1.807) is 22.5 Å². The van der Waals surface area contributed by atoms with Gasteiger partial charge in [-0.15, -0.1) is 11.3 Å². The van der Waals surface area contributed by atoms with Gasteiger partial charge in [0.05, 0.1) is 11.0 Å². The van der Waals surface area contributed by atoms with Crippen LogP contribution in [0.5, 0.6) is 0 Å². The second-order valence-corrected chi connectivity index (χ2v) is 8.70. The third-order valence-electron chi connectivity index (χ3n) is 4.08. The van der Waals surface area contributed by atoms with Crippen LogP contribution in [0.3, 0.4) is 0 Å². The number of rotatable bonds is 5. The summed E-state index contributed by atoms with van der Waals surface area (Å²) < 4.78 is 33.1. The molecule has 1 aliphatic rings. The lowest BCUT2D eigenvalue weighted by Gasteiger charge is -2.31. The molecule has 0 radical (unpaired) electrons. The normalized spacial score (nSPS) is 19.5. The van der Waals surface area contributed by atoms with Gasteiger partial charge in [-0.05, 0) is 38.8 Å². The van der Waals surface area contributed by atoms with Crippen LogP contribution >= 0.6 is 11.3 Å². The Hall–Kier alpha value is -1.28. The zero-order valence-electron chi connectivity index (χ0n) is 13.9. The molecule has 1 aromatic carbocycles. The summed E-state index contributed by atoms with van der Waals surface area (Å²) in [6, 6.07) is 7.06. The van der Waals surface area contributed by atoms with E-state index in [0.29, 0.717) is 24.6 Å². The first-order chi connectivity index (χ1) is 11.5. The zero-order chi connectivity index (χ0) is 17.2. The van der Waals surface area contributed by atoms with Gasteiger partial charge in [0.15, 0.2) is 0 Å². The summed E-state index contributed by atoms with van der Waals surface area (Å²) in [7, 11) is -3.51. The molecule has 24 heavy (non-hydrogen) atoms. The lowest BCUT2D eigenvalue weighted by molar-refractivity contribution is 0.0265. The predicted octanol–water partition coefficient (Wildman–Crippen LogP) is 3.31. The summed E-state index contributed by atoms with van der Waals surface area (Å²) in [6.45, 7) is 5.45. The molecule has 0 bridgehead atoms. The van der Waals surface area contributed by atoms with Crippen LogP contribution < -0.4 is 0 Å². The van der Waals surface area contributed by atoms with Gasteiger partial charge in [0.25, 0.3) is 0 Å². The summed E-state index contributed by atoms with van der Waals surface area (Å²) in [5, 5.41) is 2.81. The molecular formula is C17H22N2O3S2. The van der Waals surface area contributed by atoms with Crippen molar-refractivity contribution in [3.63, 3.8) is 0 Å². The SMILES string of the molecule is CCO[C@@H]1CCCN(S(=O)(=O)c2cccc(-c3nc(C)cs3)c2)C1. The van der Waals surface area contributed by atoms with Crippen LogP contribution in [0, 0.1) is 6.92 Å². The average Bonchev–Trinajstić information content (AvgIpc) is 3.02. The standard InChI is InChI=1S/C17H22N2O3S2/c1-3-22-15-7-5-9-19(11-15)24(20,21)16-8-4-6-14(10-16)17-18-13(2)12-23-17/h4,6,8,10,12,15H,3,5,7,9,11H2,1-2H3/t15-/m1/s1. The van der Waals surface area contributed by atoms with E-state index >= 15 is 0 Å². The van der Waals surface area contributed by atoms with Crippen LogP contribution in [0.15, 0.2) is 34.5 Å². The molecule has 1 aromatic heterocycles. The number of aryl methyl sites for hydroxylation is 1. The molecule has 7 heteroatoms. The molecule has 2 aromatic rings. The van der Waals surface area contributed by atoms with Gasteiger partial charge >= 0.3 is 0 Å². The van der Waals surface area contributed by atoms with Crippen LogP contribution in [-0.2, 0) is 14.8 Å². The Balaban J connectivity index is 1.87. The molecule has 0 spiro atoms. The van der Waals surface area contributed by atoms with Gasteiger partial charge < -0.3 is 4.74 Å². The van der Waals surface area contributed by atoms with E-state index in [9.17, 15) is 8.42 Å². The van der Waals surface area contributed by atoms with Crippen LogP contribution in [0.2, 0.25) is 0 Å². The Morgan fingerprint density at radius 2 is 2.25 bits per heavy atom. The van der Waals surface area contributed by atoms with Gasteiger partial charge in [-0.25, -0.2) is 13.4 Å². The van der Waals surface area contributed by atoms with Crippen molar-refractivity contribution < 1.29 is 13.2 Å². The van der Waals surface area contributed by atoms with Gasteiger partial charge in [-0.1, -0.05) is 12.1 Å². The summed E-state index contributed by atoms with van der Waals surface area (Å²) in [5.41, 5.74) is 1.78. The topological polar surface area (TPSA) is 59.5 Å². The van der Waals surface area contributed by atoms with Gasteiger partial charge in [0.1, 0.15) is 5.01 Å². The monoisotopic (exact) mass is 366 g/mol. The van der Waals surface area contributed by atoms with Crippen LogP contribution in [0.1, 0.15) is 25.5 Å². The Morgan fingerprint density at radius 1 is 1.42 bits per heavy atom. The minimum absolute atomic E-state index is 0.0108. The Labute approximate surface area is 147 Å². The number of benzene rings is 1. The summed E-state index contributed by atoms with van der Waals surface area (Å²) in [6.07, 6.45) is 1.73. The molecule has 3 rings (SSSR count). The number of nitrogens with zero attached hydrogens (tertiary/aromatic N) is 2. The van der Waals surface area contributed by atoms with Crippen molar-refractivity contribution in [3.8, 4) is 10.6 Å².